The predicted molar refractivity (Wildman–Crippen MR) is 86.4 cm³/mol. The molecular weight excluding hydrogens is 362 g/mol. The molecule has 0 bridgehead atoms. The molecule has 0 atom stereocenters. The fraction of sp³-hybridized carbons (Fsp3) is 0.167. The molecule has 2 aromatic rings. The van der Waals surface area contributed by atoms with Crippen molar-refractivity contribution in [2.75, 3.05) is 18.1 Å². The summed E-state index contributed by atoms with van der Waals surface area (Å²) in [5.74, 6) is 0. The maximum Gasteiger partial charge on any atom is 0.242 e. The summed E-state index contributed by atoms with van der Waals surface area (Å²) in [7, 11) is -2.18. The van der Waals surface area contributed by atoms with Gasteiger partial charge in [0.1, 0.15) is 4.90 Å². The topological polar surface area (TPSA) is 84.2 Å². The zero-order valence-electron chi connectivity index (χ0n) is 10.7. The molecule has 0 unspecified atom stereocenters. The van der Waals surface area contributed by atoms with Gasteiger partial charge in [-0.2, -0.15) is 0 Å². The number of nitrogens with one attached hydrogen (secondary N) is 2. The molecule has 2 rings (SSSR count). The second-order valence-electron chi connectivity index (χ2n) is 4.05. The number of anilines is 2. The van der Waals surface area contributed by atoms with Gasteiger partial charge in [-0.1, -0.05) is 0 Å². The molecule has 8 heteroatoms. The molecule has 0 aliphatic rings. The van der Waals surface area contributed by atoms with Crippen molar-refractivity contribution in [3.63, 3.8) is 0 Å². The molecule has 0 saturated heterocycles. The molecule has 1 heterocycles. The third kappa shape index (κ3) is 3.51. The lowest BCUT2D eigenvalue weighted by Gasteiger charge is -2.12. The third-order valence-corrected chi connectivity index (χ3v) is 5.79. The summed E-state index contributed by atoms with van der Waals surface area (Å²) in [6.07, 6.45) is 0. The van der Waals surface area contributed by atoms with Gasteiger partial charge in [-0.15, -0.1) is 11.3 Å². The van der Waals surface area contributed by atoms with Crippen LogP contribution < -0.4 is 15.8 Å². The van der Waals surface area contributed by atoms with Crippen LogP contribution in [0.3, 0.4) is 0 Å². The van der Waals surface area contributed by atoms with E-state index in [2.05, 4.69) is 26.0 Å². The Hall–Kier alpha value is -1.09. The Morgan fingerprint density at radius 1 is 1.35 bits per heavy atom. The maximum absolute atomic E-state index is 12.0. The van der Waals surface area contributed by atoms with E-state index in [1.54, 1.807) is 23.5 Å². The summed E-state index contributed by atoms with van der Waals surface area (Å²) < 4.78 is 27.3. The van der Waals surface area contributed by atoms with E-state index in [0.29, 0.717) is 17.9 Å². The number of nitrogen functional groups attached to an aromatic ring is 1. The average molecular weight is 376 g/mol. The van der Waals surface area contributed by atoms with Crippen LogP contribution in [0.15, 0.2) is 39.0 Å². The van der Waals surface area contributed by atoms with E-state index in [9.17, 15) is 8.42 Å². The van der Waals surface area contributed by atoms with E-state index in [4.69, 9.17) is 5.73 Å². The van der Waals surface area contributed by atoms with Gasteiger partial charge in [0, 0.05) is 27.0 Å². The number of nitrogens with two attached hydrogens (primary N) is 1. The lowest BCUT2D eigenvalue weighted by molar-refractivity contribution is 0.588. The molecule has 5 nitrogen and oxygen atoms in total. The van der Waals surface area contributed by atoms with Crippen LogP contribution in [0.1, 0.15) is 4.88 Å². The SMILES string of the molecule is CNS(=O)(=O)c1cc(N)ccc1NCc1cc(Br)cs1. The maximum atomic E-state index is 12.0. The van der Waals surface area contributed by atoms with Crippen molar-refractivity contribution in [1.82, 2.24) is 4.72 Å². The van der Waals surface area contributed by atoms with Gasteiger partial charge in [0.15, 0.2) is 0 Å². The van der Waals surface area contributed by atoms with Crippen LogP contribution >= 0.6 is 27.3 Å². The molecule has 0 aliphatic carbocycles. The summed E-state index contributed by atoms with van der Waals surface area (Å²) in [4.78, 5) is 1.25. The summed E-state index contributed by atoms with van der Waals surface area (Å²) in [5, 5.41) is 5.10. The Morgan fingerprint density at radius 2 is 2.10 bits per heavy atom. The fourth-order valence-corrected chi connectivity index (χ4v) is 3.98. The Kier molecular flexibility index (Phi) is 4.69. The monoisotopic (exact) mass is 375 g/mol. The van der Waals surface area contributed by atoms with Crippen LogP contribution in [0.4, 0.5) is 11.4 Å². The third-order valence-electron chi connectivity index (χ3n) is 2.64. The lowest BCUT2D eigenvalue weighted by atomic mass is 10.3. The number of hydrogen-bond donors (Lipinski definition) is 3. The van der Waals surface area contributed by atoms with Gasteiger partial charge in [-0.3, -0.25) is 0 Å². The first-order chi connectivity index (χ1) is 9.42. The first-order valence-corrected chi connectivity index (χ1v) is 8.88. The lowest BCUT2D eigenvalue weighted by Crippen LogP contribution is -2.20. The van der Waals surface area contributed by atoms with Crippen LogP contribution in [0, 0.1) is 0 Å². The van der Waals surface area contributed by atoms with Gasteiger partial charge in [0.2, 0.25) is 10.0 Å². The largest absolute Gasteiger partial charge is 0.399 e. The molecule has 0 spiro atoms. The molecule has 0 aliphatic heterocycles. The number of benzene rings is 1. The summed E-state index contributed by atoms with van der Waals surface area (Å²) in [6, 6.07) is 6.77. The van der Waals surface area contributed by atoms with Crippen LogP contribution in [0.25, 0.3) is 0 Å². The van der Waals surface area contributed by atoms with Gasteiger partial charge >= 0.3 is 0 Å². The molecule has 20 heavy (non-hydrogen) atoms. The minimum Gasteiger partial charge on any atom is -0.399 e. The number of sulfonamides is 1. The second kappa shape index (κ2) is 6.13. The Morgan fingerprint density at radius 3 is 2.70 bits per heavy atom. The number of rotatable bonds is 5. The highest BCUT2D eigenvalue weighted by Gasteiger charge is 2.17. The quantitative estimate of drug-likeness (QED) is 0.701. The van der Waals surface area contributed by atoms with Crippen molar-refractivity contribution in [3.05, 3.63) is 39.0 Å². The van der Waals surface area contributed by atoms with Crippen molar-refractivity contribution < 1.29 is 8.42 Å². The smallest absolute Gasteiger partial charge is 0.242 e. The molecule has 0 saturated carbocycles. The molecule has 0 fully saturated rings. The van der Waals surface area contributed by atoms with Gasteiger partial charge in [-0.25, -0.2) is 13.1 Å². The predicted octanol–water partition coefficient (Wildman–Crippen LogP) is 2.61. The second-order valence-corrected chi connectivity index (χ2v) is 7.81. The molecule has 1 aromatic heterocycles. The van der Waals surface area contributed by atoms with E-state index in [1.807, 2.05) is 11.4 Å². The van der Waals surface area contributed by atoms with Gasteiger partial charge in [-0.05, 0) is 47.2 Å². The van der Waals surface area contributed by atoms with Crippen molar-refractivity contribution in [1.29, 1.82) is 0 Å². The van der Waals surface area contributed by atoms with Crippen LogP contribution in [0.2, 0.25) is 0 Å². The molecule has 1 aromatic carbocycles. The van der Waals surface area contributed by atoms with E-state index >= 15 is 0 Å². The highest BCUT2D eigenvalue weighted by atomic mass is 79.9. The van der Waals surface area contributed by atoms with Crippen LogP contribution in [-0.4, -0.2) is 15.5 Å². The first-order valence-electron chi connectivity index (χ1n) is 5.72. The van der Waals surface area contributed by atoms with Crippen LogP contribution in [-0.2, 0) is 16.6 Å². The first kappa shape index (κ1) is 15.3. The Labute approximate surface area is 130 Å². The summed E-state index contributed by atoms with van der Waals surface area (Å²) in [6.45, 7) is 0.548. The normalized spacial score (nSPS) is 11.5. The molecule has 108 valence electrons. The molecule has 0 radical (unpaired) electrons. The van der Waals surface area contributed by atoms with Gasteiger partial charge in [0.05, 0.1) is 5.69 Å². The standard InChI is InChI=1S/C12H14BrN3O2S2/c1-15-20(17,18)12-5-9(14)2-3-11(12)16-6-10-4-8(13)7-19-10/h2-5,7,15-16H,6,14H2,1H3. The van der Waals surface area contributed by atoms with E-state index in [-0.39, 0.29) is 4.90 Å². The summed E-state index contributed by atoms with van der Waals surface area (Å²) in [5.41, 5.74) is 6.60. The number of halogens is 1. The van der Waals surface area contributed by atoms with E-state index < -0.39 is 10.0 Å². The molecular formula is C12H14BrN3O2S2. The summed E-state index contributed by atoms with van der Waals surface area (Å²) >= 11 is 4.98. The van der Waals surface area contributed by atoms with Gasteiger partial charge < -0.3 is 11.1 Å². The zero-order chi connectivity index (χ0) is 14.8. The minimum absolute atomic E-state index is 0.149. The van der Waals surface area contributed by atoms with Crippen molar-refractivity contribution >= 4 is 48.7 Å². The fourth-order valence-electron chi connectivity index (χ4n) is 1.65. The van der Waals surface area contributed by atoms with Crippen molar-refractivity contribution in [3.8, 4) is 0 Å². The molecule has 0 amide bonds. The Balaban J connectivity index is 2.27. The molecule has 4 N–H and O–H groups in total. The van der Waals surface area contributed by atoms with E-state index in [1.165, 1.54) is 13.1 Å². The average Bonchev–Trinajstić information content (AvgIpc) is 2.83. The van der Waals surface area contributed by atoms with Crippen LogP contribution in [0.5, 0.6) is 0 Å². The highest BCUT2D eigenvalue weighted by molar-refractivity contribution is 9.10. The highest BCUT2D eigenvalue weighted by Crippen LogP contribution is 2.26. The minimum atomic E-state index is -3.55. The Bertz CT molecular complexity index is 713. The van der Waals surface area contributed by atoms with Crippen molar-refractivity contribution in [2.45, 2.75) is 11.4 Å². The van der Waals surface area contributed by atoms with Gasteiger partial charge in [0.25, 0.3) is 0 Å². The zero-order valence-corrected chi connectivity index (χ0v) is 13.9. The number of hydrogen-bond acceptors (Lipinski definition) is 5. The van der Waals surface area contributed by atoms with Crippen molar-refractivity contribution in [2.24, 2.45) is 0 Å². The van der Waals surface area contributed by atoms with E-state index in [0.717, 1.165) is 9.35 Å². The number of thiophene rings is 1.